The summed E-state index contributed by atoms with van der Waals surface area (Å²) in [5, 5.41) is 6.14. The molecule has 2 N–H and O–H groups in total. The molecule has 0 aromatic heterocycles. The van der Waals surface area contributed by atoms with Gasteiger partial charge >= 0.3 is 0 Å². The zero-order valence-electron chi connectivity index (χ0n) is 15.3. The molecule has 3 rings (SSSR count). The fourth-order valence-electron chi connectivity index (χ4n) is 2.59. The highest BCUT2D eigenvalue weighted by Gasteiger charge is 2.32. The third-order valence-electron chi connectivity index (χ3n) is 4.19. The van der Waals surface area contributed by atoms with E-state index in [2.05, 4.69) is 15.6 Å². The minimum absolute atomic E-state index is 0.0633. The summed E-state index contributed by atoms with van der Waals surface area (Å²) in [6, 6.07) is 11.3. The topological polar surface area (TPSA) is 70.6 Å². The van der Waals surface area contributed by atoms with Gasteiger partial charge in [-0.25, -0.2) is 4.99 Å². The number of rotatable bonds is 4. The maximum atomic E-state index is 12.3. The number of anilines is 1. The van der Waals surface area contributed by atoms with E-state index in [-0.39, 0.29) is 18.2 Å². The van der Waals surface area contributed by atoms with Gasteiger partial charge in [-0.2, -0.15) is 0 Å². The fourth-order valence-corrected chi connectivity index (χ4v) is 3.75. The van der Waals surface area contributed by atoms with Crippen LogP contribution in [0.3, 0.4) is 0 Å². The van der Waals surface area contributed by atoms with Gasteiger partial charge in [-0.05, 0) is 55.7 Å². The standard InChI is InChI=1S/C20H20ClN3O2S/c1-11-4-5-13(3)16(8-11)23-20-24-19(26)17(27-20)10-18(25)22-14-7-6-12(2)15(21)9-14/h4-9,17H,10H2,1-3H3,(H,22,25)(H,23,24,26)/t17-/m0/s1. The number of carbonyl (C=O) groups excluding carboxylic acids is 2. The van der Waals surface area contributed by atoms with Gasteiger partial charge in [0.2, 0.25) is 11.8 Å². The number of hydrogen-bond acceptors (Lipinski definition) is 4. The molecule has 0 saturated carbocycles. The first-order valence-electron chi connectivity index (χ1n) is 8.51. The summed E-state index contributed by atoms with van der Waals surface area (Å²) >= 11 is 7.35. The molecule has 1 heterocycles. The first kappa shape index (κ1) is 19.5. The zero-order valence-corrected chi connectivity index (χ0v) is 16.9. The maximum Gasteiger partial charge on any atom is 0.240 e. The Morgan fingerprint density at radius 1 is 1.19 bits per heavy atom. The van der Waals surface area contributed by atoms with E-state index in [4.69, 9.17) is 11.6 Å². The van der Waals surface area contributed by atoms with Crippen LogP contribution in [0.25, 0.3) is 0 Å². The molecule has 0 aliphatic carbocycles. The molecule has 1 aliphatic rings. The van der Waals surface area contributed by atoms with Crippen LogP contribution in [0.4, 0.5) is 11.4 Å². The Kier molecular flexibility index (Phi) is 5.87. The second kappa shape index (κ2) is 8.15. The molecule has 1 fully saturated rings. The highest BCUT2D eigenvalue weighted by Crippen LogP contribution is 2.28. The van der Waals surface area contributed by atoms with Crippen molar-refractivity contribution >= 4 is 51.7 Å². The molecule has 0 unspecified atom stereocenters. The van der Waals surface area contributed by atoms with Crippen LogP contribution >= 0.6 is 23.4 Å². The molecule has 2 aromatic rings. The van der Waals surface area contributed by atoms with Crippen LogP contribution in [-0.2, 0) is 9.59 Å². The number of nitrogens with one attached hydrogen (secondary N) is 2. The lowest BCUT2D eigenvalue weighted by atomic mass is 10.1. The van der Waals surface area contributed by atoms with E-state index < -0.39 is 5.25 Å². The van der Waals surface area contributed by atoms with E-state index in [1.807, 2.05) is 45.0 Å². The molecule has 140 valence electrons. The molecular formula is C20H20ClN3O2S. The molecular weight excluding hydrogens is 382 g/mol. The third kappa shape index (κ3) is 4.90. The Morgan fingerprint density at radius 3 is 2.67 bits per heavy atom. The van der Waals surface area contributed by atoms with Gasteiger partial charge in [0.15, 0.2) is 5.17 Å². The van der Waals surface area contributed by atoms with Crippen molar-refractivity contribution in [3.05, 3.63) is 58.1 Å². The molecule has 5 nitrogen and oxygen atoms in total. The van der Waals surface area contributed by atoms with E-state index in [9.17, 15) is 9.59 Å². The predicted octanol–water partition coefficient (Wildman–Crippen LogP) is 4.51. The van der Waals surface area contributed by atoms with Crippen molar-refractivity contribution in [3.8, 4) is 0 Å². The van der Waals surface area contributed by atoms with Crippen molar-refractivity contribution in [2.75, 3.05) is 5.32 Å². The van der Waals surface area contributed by atoms with Crippen LogP contribution in [0.5, 0.6) is 0 Å². The summed E-state index contributed by atoms with van der Waals surface area (Å²) in [6.07, 6.45) is 0.0633. The number of amides is 2. The molecule has 0 spiro atoms. The van der Waals surface area contributed by atoms with Crippen LogP contribution in [0.2, 0.25) is 5.02 Å². The van der Waals surface area contributed by atoms with Crippen LogP contribution < -0.4 is 10.6 Å². The number of hydrogen-bond donors (Lipinski definition) is 2. The Morgan fingerprint density at radius 2 is 1.93 bits per heavy atom. The lowest BCUT2D eigenvalue weighted by Gasteiger charge is -2.08. The molecule has 1 saturated heterocycles. The van der Waals surface area contributed by atoms with Crippen LogP contribution in [0.15, 0.2) is 41.4 Å². The highest BCUT2D eigenvalue weighted by atomic mass is 35.5. The van der Waals surface area contributed by atoms with Crippen LogP contribution in [-0.4, -0.2) is 22.2 Å². The largest absolute Gasteiger partial charge is 0.326 e. The monoisotopic (exact) mass is 401 g/mol. The number of carbonyl (C=O) groups is 2. The Hall–Kier alpha value is -2.31. The average Bonchev–Trinajstić information content (AvgIpc) is 2.93. The number of aliphatic imine (C=N–C) groups is 1. The van der Waals surface area contributed by atoms with Gasteiger partial charge in [0.25, 0.3) is 0 Å². The molecule has 0 radical (unpaired) electrons. The van der Waals surface area contributed by atoms with E-state index in [1.165, 1.54) is 11.8 Å². The highest BCUT2D eigenvalue weighted by molar-refractivity contribution is 8.15. The van der Waals surface area contributed by atoms with Crippen molar-refractivity contribution in [2.24, 2.45) is 4.99 Å². The van der Waals surface area contributed by atoms with Gasteiger partial charge in [-0.3, -0.25) is 9.59 Å². The first-order chi connectivity index (χ1) is 12.8. The second-order valence-electron chi connectivity index (χ2n) is 6.52. The van der Waals surface area contributed by atoms with Gasteiger partial charge in [-0.1, -0.05) is 41.6 Å². The Bertz CT molecular complexity index is 943. The van der Waals surface area contributed by atoms with E-state index in [1.54, 1.807) is 12.1 Å². The smallest absolute Gasteiger partial charge is 0.240 e. The Balaban J connectivity index is 1.65. The number of nitrogens with zero attached hydrogens (tertiary/aromatic N) is 1. The van der Waals surface area contributed by atoms with Crippen molar-refractivity contribution in [2.45, 2.75) is 32.4 Å². The first-order valence-corrected chi connectivity index (χ1v) is 9.77. The van der Waals surface area contributed by atoms with Gasteiger partial charge in [0, 0.05) is 17.1 Å². The number of aryl methyl sites for hydroxylation is 3. The number of halogens is 1. The maximum absolute atomic E-state index is 12.3. The second-order valence-corrected chi connectivity index (χ2v) is 8.12. The minimum atomic E-state index is -0.505. The molecule has 2 aromatic carbocycles. The van der Waals surface area contributed by atoms with E-state index >= 15 is 0 Å². The van der Waals surface area contributed by atoms with Crippen molar-refractivity contribution in [3.63, 3.8) is 0 Å². The fraction of sp³-hybridized carbons (Fsp3) is 0.250. The van der Waals surface area contributed by atoms with Gasteiger partial charge in [0.1, 0.15) is 5.25 Å². The molecule has 1 aliphatic heterocycles. The number of thioether (sulfide) groups is 1. The lowest BCUT2D eigenvalue weighted by molar-refractivity contribution is -0.122. The van der Waals surface area contributed by atoms with Crippen LogP contribution in [0, 0.1) is 20.8 Å². The number of benzene rings is 2. The summed E-state index contributed by atoms with van der Waals surface area (Å²) in [5.74, 6) is -0.447. The lowest BCUT2D eigenvalue weighted by Crippen LogP contribution is -2.28. The van der Waals surface area contributed by atoms with Crippen molar-refractivity contribution in [1.29, 1.82) is 0 Å². The van der Waals surface area contributed by atoms with Crippen molar-refractivity contribution in [1.82, 2.24) is 5.32 Å². The summed E-state index contributed by atoms with van der Waals surface area (Å²) < 4.78 is 0. The number of amidine groups is 1. The van der Waals surface area contributed by atoms with Crippen LogP contribution in [0.1, 0.15) is 23.1 Å². The molecule has 1 atom stereocenters. The quantitative estimate of drug-likeness (QED) is 0.791. The summed E-state index contributed by atoms with van der Waals surface area (Å²) in [4.78, 5) is 29.0. The third-order valence-corrected chi connectivity index (χ3v) is 5.68. The molecule has 0 bridgehead atoms. The van der Waals surface area contributed by atoms with Gasteiger partial charge in [-0.15, -0.1) is 0 Å². The van der Waals surface area contributed by atoms with E-state index in [0.29, 0.717) is 15.9 Å². The summed E-state index contributed by atoms with van der Waals surface area (Å²) in [6.45, 7) is 5.86. The summed E-state index contributed by atoms with van der Waals surface area (Å²) in [7, 11) is 0. The molecule has 2 amide bonds. The van der Waals surface area contributed by atoms with Crippen molar-refractivity contribution < 1.29 is 9.59 Å². The predicted molar refractivity (Wildman–Crippen MR) is 112 cm³/mol. The average molecular weight is 402 g/mol. The molecule has 7 heteroatoms. The SMILES string of the molecule is Cc1ccc(C)c(N=C2NC(=O)[C@H](CC(=O)Nc3ccc(C)c(Cl)c3)S2)c1. The zero-order chi connectivity index (χ0) is 19.6. The van der Waals surface area contributed by atoms with Gasteiger partial charge in [0.05, 0.1) is 5.69 Å². The normalized spacial score (nSPS) is 17.9. The summed E-state index contributed by atoms with van der Waals surface area (Å²) in [5.41, 5.74) is 4.50. The molecule has 27 heavy (non-hydrogen) atoms. The van der Waals surface area contributed by atoms with E-state index in [0.717, 1.165) is 22.4 Å². The minimum Gasteiger partial charge on any atom is -0.326 e. The Labute approximate surface area is 167 Å². The van der Waals surface area contributed by atoms with Gasteiger partial charge < -0.3 is 10.6 Å².